The average Bonchev–Trinajstić information content (AvgIpc) is 3.04. The number of aliphatic hydroxyl groups excluding tert-OH is 1. The molecular weight excluding hydrogens is 392 g/mol. The van der Waals surface area contributed by atoms with Crippen molar-refractivity contribution >= 4 is 0 Å². The van der Waals surface area contributed by atoms with E-state index in [1.54, 1.807) is 0 Å². The third kappa shape index (κ3) is 3.40. The van der Waals surface area contributed by atoms with Gasteiger partial charge in [0.1, 0.15) is 0 Å². The first-order valence-corrected chi connectivity index (χ1v) is 13.7. The summed E-state index contributed by atoms with van der Waals surface area (Å²) in [5, 5.41) is 22.5. The molecule has 2 N–H and O–H groups in total. The minimum Gasteiger partial charge on any atom is -0.393 e. The fraction of sp³-hybridized carbons (Fsp3) is 0.933. The Kier molecular flexibility index (Phi) is 6.07. The van der Waals surface area contributed by atoms with Gasteiger partial charge >= 0.3 is 0 Å². The largest absolute Gasteiger partial charge is 0.393 e. The Bertz CT molecular complexity index is 746. The second kappa shape index (κ2) is 7.84. The molecule has 4 rings (SSSR count). The Morgan fingerprint density at radius 2 is 1.53 bits per heavy atom. The Morgan fingerprint density at radius 3 is 2.19 bits per heavy atom. The highest BCUT2D eigenvalue weighted by Crippen LogP contribution is 2.75. The lowest BCUT2D eigenvalue weighted by Crippen LogP contribution is -2.64. The van der Waals surface area contributed by atoms with E-state index < -0.39 is 5.60 Å². The fourth-order valence-electron chi connectivity index (χ4n) is 10.3. The molecule has 0 saturated heterocycles. The number of hydrogen-bond donors (Lipinski definition) is 2. The van der Waals surface area contributed by atoms with Crippen molar-refractivity contribution in [2.45, 2.75) is 131 Å². The first kappa shape index (κ1) is 24.8. The van der Waals surface area contributed by atoms with Crippen LogP contribution in [0.2, 0.25) is 0 Å². The summed E-state index contributed by atoms with van der Waals surface area (Å²) in [5.41, 5.74) is 1.84. The van der Waals surface area contributed by atoms with Crippen LogP contribution in [-0.2, 0) is 0 Å². The van der Waals surface area contributed by atoms with Crippen LogP contribution < -0.4 is 0 Å². The van der Waals surface area contributed by atoms with Crippen molar-refractivity contribution in [1.82, 2.24) is 0 Å². The minimum atomic E-state index is -0.560. The number of rotatable bonds is 4. The van der Waals surface area contributed by atoms with E-state index in [0.717, 1.165) is 25.2 Å². The summed E-state index contributed by atoms with van der Waals surface area (Å²) >= 11 is 0. The maximum atomic E-state index is 11.6. The van der Waals surface area contributed by atoms with Gasteiger partial charge in [0.2, 0.25) is 0 Å². The van der Waals surface area contributed by atoms with Crippen LogP contribution in [0.4, 0.5) is 0 Å². The summed E-state index contributed by atoms with van der Waals surface area (Å²) in [4.78, 5) is 0. The second-order valence-corrected chi connectivity index (χ2v) is 14.4. The molecule has 0 unspecified atom stereocenters. The zero-order chi connectivity index (χ0) is 23.7. The molecule has 4 fully saturated rings. The van der Waals surface area contributed by atoms with Gasteiger partial charge in [0.05, 0.1) is 11.7 Å². The molecule has 0 aliphatic heterocycles. The molecule has 0 spiro atoms. The highest BCUT2D eigenvalue weighted by Gasteiger charge is 2.69. The van der Waals surface area contributed by atoms with E-state index in [4.69, 9.17) is 0 Å². The molecule has 0 aromatic heterocycles. The van der Waals surface area contributed by atoms with Crippen molar-refractivity contribution in [3.8, 4) is 0 Å². The van der Waals surface area contributed by atoms with Crippen molar-refractivity contribution in [3.05, 3.63) is 11.6 Å². The van der Waals surface area contributed by atoms with Crippen molar-refractivity contribution in [2.24, 2.45) is 45.3 Å². The van der Waals surface area contributed by atoms with Crippen LogP contribution in [0.15, 0.2) is 11.6 Å². The van der Waals surface area contributed by atoms with Crippen molar-refractivity contribution in [2.75, 3.05) is 0 Å². The summed E-state index contributed by atoms with van der Waals surface area (Å²) in [6.45, 7) is 19.0. The van der Waals surface area contributed by atoms with E-state index >= 15 is 0 Å². The van der Waals surface area contributed by atoms with Crippen molar-refractivity contribution in [3.63, 3.8) is 0 Å². The zero-order valence-corrected chi connectivity index (χ0v) is 22.4. The Labute approximate surface area is 198 Å². The molecule has 0 aromatic rings. The molecule has 2 heteroatoms. The lowest BCUT2D eigenvalue weighted by Gasteiger charge is -2.70. The van der Waals surface area contributed by atoms with Gasteiger partial charge in [0.15, 0.2) is 0 Å². The molecule has 4 aliphatic rings. The van der Waals surface area contributed by atoms with Crippen LogP contribution in [0.25, 0.3) is 0 Å². The van der Waals surface area contributed by atoms with Gasteiger partial charge < -0.3 is 10.2 Å². The number of aliphatic hydroxyl groups is 2. The van der Waals surface area contributed by atoms with E-state index in [1.807, 2.05) is 0 Å². The lowest BCUT2D eigenvalue weighted by atomic mass is 9.35. The highest BCUT2D eigenvalue weighted by molar-refractivity contribution is 5.18. The first-order valence-electron chi connectivity index (χ1n) is 13.7. The quantitative estimate of drug-likeness (QED) is 0.440. The monoisotopic (exact) mass is 444 g/mol. The third-order valence-corrected chi connectivity index (χ3v) is 12.4. The van der Waals surface area contributed by atoms with Gasteiger partial charge in [-0.2, -0.15) is 0 Å². The minimum absolute atomic E-state index is 0.0267. The van der Waals surface area contributed by atoms with E-state index in [0.29, 0.717) is 34.0 Å². The highest BCUT2D eigenvalue weighted by atomic mass is 16.3. The predicted molar refractivity (Wildman–Crippen MR) is 134 cm³/mol. The lowest BCUT2D eigenvalue weighted by molar-refractivity contribution is -0.225. The topological polar surface area (TPSA) is 40.5 Å². The van der Waals surface area contributed by atoms with Crippen molar-refractivity contribution < 1.29 is 10.2 Å². The van der Waals surface area contributed by atoms with Gasteiger partial charge in [-0.05, 0) is 130 Å². The third-order valence-electron chi connectivity index (χ3n) is 12.4. The van der Waals surface area contributed by atoms with Gasteiger partial charge in [-0.25, -0.2) is 0 Å². The smallest absolute Gasteiger partial charge is 0.0653 e. The Balaban J connectivity index is 1.61. The normalized spacial score (nSPS) is 49.4. The molecule has 184 valence electrons. The van der Waals surface area contributed by atoms with Crippen LogP contribution in [0.3, 0.4) is 0 Å². The molecule has 0 radical (unpaired) electrons. The summed E-state index contributed by atoms with van der Waals surface area (Å²) in [5.74, 6) is 2.45. The first-order chi connectivity index (χ1) is 14.7. The average molecular weight is 445 g/mol. The van der Waals surface area contributed by atoms with Gasteiger partial charge in [0, 0.05) is 0 Å². The molecule has 4 aliphatic carbocycles. The van der Waals surface area contributed by atoms with E-state index in [-0.39, 0.29) is 11.5 Å². The molecular formula is C30H52O2. The van der Waals surface area contributed by atoms with Crippen LogP contribution in [-0.4, -0.2) is 21.9 Å². The van der Waals surface area contributed by atoms with E-state index in [9.17, 15) is 10.2 Å². The predicted octanol–water partition coefficient (Wildman–Crippen LogP) is 7.53. The molecule has 32 heavy (non-hydrogen) atoms. The molecule has 2 nitrogen and oxygen atoms in total. The summed E-state index contributed by atoms with van der Waals surface area (Å²) in [7, 11) is 0. The Hall–Kier alpha value is -0.340. The number of hydrogen-bond acceptors (Lipinski definition) is 2. The molecule has 0 heterocycles. The molecule has 4 saturated carbocycles. The number of fused-ring (bicyclic) bond motifs is 5. The van der Waals surface area contributed by atoms with Crippen LogP contribution in [0.1, 0.15) is 120 Å². The number of allylic oxidation sites excluding steroid dienone is 2. The van der Waals surface area contributed by atoms with E-state index in [2.05, 4.69) is 61.5 Å². The SMILES string of the molecule is CC(C)=CCC[C@](C)(O)[C@H]1CC[C@]2(C)[C@@H]1CC[C@@H]1[C@@]3(C)CC[C@@H](O)C(C)(C)[C@H]3CC[C@]12C. The molecule has 0 bridgehead atoms. The van der Waals surface area contributed by atoms with E-state index in [1.165, 1.54) is 50.5 Å². The standard InChI is InChI=1S/C30H52O2/c1-20(2)10-9-16-30(8,32)22-13-18-28(6)21(22)11-12-24-27(5)17-15-25(31)26(3,4)23(27)14-19-29(24,28)7/h10,21-25,31-32H,9,11-19H2,1-8H3/t21-,22+,23-,24-,25-,27+,28-,29-,30+/m1/s1. The maximum Gasteiger partial charge on any atom is 0.0653 e. The van der Waals surface area contributed by atoms with Crippen LogP contribution >= 0.6 is 0 Å². The van der Waals surface area contributed by atoms with Crippen LogP contribution in [0.5, 0.6) is 0 Å². The summed E-state index contributed by atoms with van der Waals surface area (Å²) < 4.78 is 0. The van der Waals surface area contributed by atoms with Gasteiger partial charge in [-0.15, -0.1) is 0 Å². The molecule has 9 atom stereocenters. The van der Waals surface area contributed by atoms with Gasteiger partial charge in [0.25, 0.3) is 0 Å². The van der Waals surface area contributed by atoms with Crippen molar-refractivity contribution in [1.29, 1.82) is 0 Å². The Morgan fingerprint density at radius 1 is 0.875 bits per heavy atom. The zero-order valence-electron chi connectivity index (χ0n) is 22.4. The van der Waals surface area contributed by atoms with Gasteiger partial charge in [-0.1, -0.05) is 46.3 Å². The molecule has 0 amide bonds. The maximum absolute atomic E-state index is 11.6. The summed E-state index contributed by atoms with van der Waals surface area (Å²) in [6.07, 6.45) is 13.8. The second-order valence-electron chi connectivity index (χ2n) is 14.4. The van der Waals surface area contributed by atoms with Crippen LogP contribution in [0, 0.1) is 45.3 Å². The molecule has 0 aromatic carbocycles. The van der Waals surface area contributed by atoms with Gasteiger partial charge in [-0.3, -0.25) is 0 Å². The fourth-order valence-corrected chi connectivity index (χ4v) is 10.3. The summed E-state index contributed by atoms with van der Waals surface area (Å²) in [6, 6.07) is 0.